The Balaban J connectivity index is 1.31. The standard InChI is InChI=1S/C34H32N6O4S/c1-4-43-33(42)31-21(2)37-34(45)38-32(31)26-14-8-10-16-29(26)44-20-30(41)39-36-18-27-22(3)40(28-15-9-7-13-25(27)28)19-24-12-6-5-11-23(24)17-35/h5-16,18,32H,4,19-20H2,1-3H3,(H,39,41)(H2,37,38,45)/t32-/m0/s1. The molecule has 0 fully saturated rings. The van der Waals surface area contributed by atoms with E-state index in [0.29, 0.717) is 39.8 Å². The van der Waals surface area contributed by atoms with Crippen molar-refractivity contribution in [1.29, 1.82) is 5.26 Å². The third-order valence-corrected chi connectivity index (χ3v) is 7.70. The van der Waals surface area contributed by atoms with Gasteiger partial charge in [-0.25, -0.2) is 10.2 Å². The van der Waals surface area contributed by atoms with E-state index < -0.39 is 17.9 Å². The molecule has 3 N–H and O–H groups in total. The van der Waals surface area contributed by atoms with Gasteiger partial charge in [0.25, 0.3) is 5.91 Å². The second kappa shape index (κ2) is 13.9. The molecular formula is C34H32N6O4S. The first kappa shape index (κ1) is 31.0. The molecule has 1 aliphatic heterocycles. The topological polar surface area (TPSA) is 130 Å². The highest BCUT2D eigenvalue weighted by Crippen LogP contribution is 2.33. The van der Waals surface area contributed by atoms with E-state index >= 15 is 0 Å². The van der Waals surface area contributed by atoms with Crippen LogP contribution in [0.4, 0.5) is 0 Å². The van der Waals surface area contributed by atoms with E-state index in [1.807, 2.05) is 61.5 Å². The van der Waals surface area contributed by atoms with Gasteiger partial charge in [0.05, 0.1) is 36.1 Å². The van der Waals surface area contributed by atoms with Crippen LogP contribution < -0.4 is 20.8 Å². The van der Waals surface area contributed by atoms with Gasteiger partial charge in [-0.2, -0.15) is 10.4 Å². The van der Waals surface area contributed by atoms with Crippen molar-refractivity contribution in [3.05, 3.63) is 112 Å². The zero-order chi connectivity index (χ0) is 31.9. The number of rotatable bonds is 10. The van der Waals surface area contributed by atoms with Crippen molar-refractivity contribution in [3.63, 3.8) is 0 Å². The number of carbonyl (C=O) groups excluding carboxylic acids is 2. The van der Waals surface area contributed by atoms with Crippen LogP contribution in [0.1, 0.15) is 47.8 Å². The summed E-state index contributed by atoms with van der Waals surface area (Å²) in [6.45, 7) is 5.91. The number of hydrogen-bond acceptors (Lipinski definition) is 7. The molecule has 0 saturated heterocycles. The van der Waals surface area contributed by atoms with Crippen molar-refractivity contribution < 1.29 is 19.1 Å². The Hall–Kier alpha value is -5.47. The van der Waals surface area contributed by atoms with Gasteiger partial charge < -0.3 is 24.7 Å². The Bertz CT molecular complexity index is 1890. The van der Waals surface area contributed by atoms with Crippen LogP contribution in [0.25, 0.3) is 10.9 Å². The number of esters is 1. The zero-order valence-electron chi connectivity index (χ0n) is 25.1. The molecular weight excluding hydrogens is 588 g/mol. The van der Waals surface area contributed by atoms with Gasteiger partial charge >= 0.3 is 5.97 Å². The quantitative estimate of drug-likeness (QED) is 0.100. The summed E-state index contributed by atoms with van der Waals surface area (Å²) in [5.74, 6) is -0.531. The van der Waals surface area contributed by atoms with E-state index in [0.717, 1.165) is 27.7 Å². The molecule has 0 radical (unpaired) electrons. The Kier molecular flexibility index (Phi) is 9.55. The minimum Gasteiger partial charge on any atom is -0.483 e. The molecule has 228 valence electrons. The Morgan fingerprint density at radius 2 is 1.82 bits per heavy atom. The van der Waals surface area contributed by atoms with Crippen molar-refractivity contribution in [1.82, 2.24) is 20.6 Å². The number of aromatic nitrogens is 1. The summed E-state index contributed by atoms with van der Waals surface area (Å²) in [5, 5.41) is 21.2. The number of thiocarbonyl (C=S) groups is 1. The van der Waals surface area contributed by atoms with Gasteiger partial charge in [-0.1, -0.05) is 54.6 Å². The monoisotopic (exact) mass is 620 g/mol. The van der Waals surface area contributed by atoms with Gasteiger partial charge in [-0.05, 0) is 56.8 Å². The third kappa shape index (κ3) is 6.71. The third-order valence-electron chi connectivity index (χ3n) is 7.48. The van der Waals surface area contributed by atoms with E-state index in [2.05, 4.69) is 31.8 Å². The number of ether oxygens (including phenoxy) is 2. The number of nitrogens with one attached hydrogen (secondary N) is 3. The molecule has 0 saturated carbocycles. The summed E-state index contributed by atoms with van der Waals surface area (Å²) in [5.41, 5.74) is 8.47. The molecule has 1 aromatic heterocycles. The summed E-state index contributed by atoms with van der Waals surface area (Å²) in [6.07, 6.45) is 1.62. The van der Waals surface area contributed by atoms with Crippen molar-refractivity contribution in [2.45, 2.75) is 33.4 Å². The predicted octanol–water partition coefficient (Wildman–Crippen LogP) is 4.75. The molecule has 4 aromatic rings. The van der Waals surface area contributed by atoms with Gasteiger partial charge in [0.15, 0.2) is 11.7 Å². The first-order valence-electron chi connectivity index (χ1n) is 14.4. The number of para-hydroxylation sites is 2. The molecule has 45 heavy (non-hydrogen) atoms. The van der Waals surface area contributed by atoms with E-state index in [-0.39, 0.29) is 13.2 Å². The fraction of sp³-hybridized carbons (Fsp3) is 0.206. The van der Waals surface area contributed by atoms with Gasteiger partial charge in [0.2, 0.25) is 0 Å². The van der Waals surface area contributed by atoms with Crippen LogP contribution in [0.3, 0.4) is 0 Å². The largest absolute Gasteiger partial charge is 0.483 e. The molecule has 0 aliphatic carbocycles. The molecule has 3 aromatic carbocycles. The predicted molar refractivity (Wildman–Crippen MR) is 176 cm³/mol. The van der Waals surface area contributed by atoms with Crippen LogP contribution in [0, 0.1) is 18.3 Å². The Morgan fingerprint density at radius 3 is 2.62 bits per heavy atom. The number of nitriles is 1. The second-order valence-corrected chi connectivity index (χ2v) is 10.7. The maximum Gasteiger partial charge on any atom is 0.338 e. The van der Waals surface area contributed by atoms with Gasteiger partial charge in [0.1, 0.15) is 5.75 Å². The summed E-state index contributed by atoms with van der Waals surface area (Å²) < 4.78 is 13.3. The van der Waals surface area contributed by atoms with Crippen LogP contribution >= 0.6 is 12.2 Å². The Labute approximate surface area is 266 Å². The van der Waals surface area contributed by atoms with Crippen molar-refractivity contribution in [3.8, 4) is 11.8 Å². The first-order valence-corrected chi connectivity index (χ1v) is 14.8. The average Bonchev–Trinajstić information content (AvgIpc) is 3.30. The zero-order valence-corrected chi connectivity index (χ0v) is 25.9. The summed E-state index contributed by atoms with van der Waals surface area (Å²) in [7, 11) is 0. The number of nitrogens with zero attached hydrogens (tertiary/aromatic N) is 3. The normalized spacial score (nSPS) is 14.5. The van der Waals surface area contributed by atoms with E-state index in [1.165, 1.54) is 0 Å². The maximum absolute atomic E-state index is 12.8. The number of carbonyl (C=O) groups is 2. The summed E-state index contributed by atoms with van der Waals surface area (Å²) >= 11 is 5.34. The lowest BCUT2D eigenvalue weighted by Gasteiger charge is -2.30. The van der Waals surface area contributed by atoms with Gasteiger partial charge in [-0.3, -0.25) is 4.79 Å². The molecule has 0 bridgehead atoms. The molecule has 10 nitrogen and oxygen atoms in total. The fourth-order valence-corrected chi connectivity index (χ4v) is 5.63. The average molecular weight is 621 g/mol. The van der Waals surface area contributed by atoms with E-state index in [9.17, 15) is 14.9 Å². The van der Waals surface area contributed by atoms with Crippen LogP contribution in [-0.2, 0) is 20.9 Å². The summed E-state index contributed by atoms with van der Waals surface area (Å²) in [4.78, 5) is 25.6. The number of fused-ring (bicyclic) bond motifs is 1. The van der Waals surface area contributed by atoms with E-state index in [1.54, 1.807) is 38.3 Å². The number of amides is 1. The molecule has 0 spiro atoms. The minimum atomic E-state index is -0.629. The van der Waals surface area contributed by atoms with Gasteiger partial charge in [0, 0.05) is 40.0 Å². The highest BCUT2D eigenvalue weighted by Gasteiger charge is 2.32. The van der Waals surface area contributed by atoms with Crippen molar-refractivity contribution >= 4 is 46.3 Å². The van der Waals surface area contributed by atoms with Crippen molar-refractivity contribution in [2.75, 3.05) is 13.2 Å². The molecule has 2 heterocycles. The van der Waals surface area contributed by atoms with E-state index in [4.69, 9.17) is 21.7 Å². The molecule has 5 rings (SSSR count). The Morgan fingerprint density at radius 1 is 1.09 bits per heavy atom. The lowest BCUT2D eigenvalue weighted by molar-refractivity contribution is -0.139. The number of benzene rings is 3. The van der Waals surface area contributed by atoms with Crippen molar-refractivity contribution in [2.24, 2.45) is 5.10 Å². The molecule has 1 atom stereocenters. The van der Waals surface area contributed by atoms with Gasteiger partial charge in [-0.15, -0.1) is 0 Å². The minimum absolute atomic E-state index is 0.223. The molecule has 11 heteroatoms. The maximum atomic E-state index is 12.8. The van der Waals surface area contributed by atoms with Crippen LogP contribution in [0.15, 0.2) is 89.2 Å². The van der Waals surface area contributed by atoms with Crippen LogP contribution in [0.5, 0.6) is 5.75 Å². The smallest absolute Gasteiger partial charge is 0.338 e. The number of hydrogen-bond donors (Lipinski definition) is 3. The molecule has 0 unspecified atom stereocenters. The SMILES string of the molecule is CCOC(=O)C1=C(C)NC(=S)N[C@H]1c1ccccc1OCC(=O)NN=Cc1c(C)n(Cc2ccccc2C#N)c2ccccc12. The number of allylic oxidation sites excluding steroid dienone is 1. The molecule has 1 amide bonds. The first-order chi connectivity index (χ1) is 21.8. The van der Waals surface area contributed by atoms with Crippen LogP contribution in [0.2, 0.25) is 0 Å². The lowest BCUT2D eigenvalue weighted by Crippen LogP contribution is -2.45. The highest BCUT2D eigenvalue weighted by atomic mass is 32.1. The lowest BCUT2D eigenvalue weighted by atomic mass is 9.95. The summed E-state index contributed by atoms with van der Waals surface area (Å²) in [6, 6.07) is 24.2. The number of hydrazone groups is 1. The second-order valence-electron chi connectivity index (χ2n) is 10.3. The fourth-order valence-electron chi connectivity index (χ4n) is 5.36. The molecule has 1 aliphatic rings. The highest BCUT2D eigenvalue weighted by molar-refractivity contribution is 7.80. The van der Waals surface area contributed by atoms with Crippen LogP contribution in [-0.4, -0.2) is 41.0 Å².